The average molecular weight is 421 g/mol. The van der Waals surface area contributed by atoms with Crippen molar-refractivity contribution in [1.29, 1.82) is 0 Å². The summed E-state index contributed by atoms with van der Waals surface area (Å²) in [6.45, 7) is 5.48. The van der Waals surface area contributed by atoms with E-state index in [0.29, 0.717) is 19.3 Å². The molecule has 8 atom stereocenters. The molecule has 30 heavy (non-hydrogen) atoms. The lowest BCUT2D eigenvalue weighted by molar-refractivity contribution is -0.243. The van der Waals surface area contributed by atoms with E-state index in [4.69, 9.17) is 9.47 Å². The summed E-state index contributed by atoms with van der Waals surface area (Å²) in [5, 5.41) is 21.3. The summed E-state index contributed by atoms with van der Waals surface area (Å²) in [4.78, 5) is 25.1. The van der Waals surface area contributed by atoms with Crippen LogP contribution in [0.4, 0.5) is 0 Å². The van der Waals surface area contributed by atoms with E-state index in [1.54, 1.807) is 14.0 Å². The van der Waals surface area contributed by atoms with E-state index < -0.39 is 30.0 Å². The zero-order chi connectivity index (χ0) is 21.9. The molecule has 0 aromatic rings. The zero-order valence-electron chi connectivity index (χ0n) is 18.6. The molecular weight excluding hydrogens is 384 g/mol. The Kier molecular flexibility index (Phi) is 5.54. The molecule has 0 aromatic carbocycles. The van der Waals surface area contributed by atoms with E-state index in [-0.39, 0.29) is 34.7 Å². The maximum absolute atomic E-state index is 13.1. The largest absolute Gasteiger partial charge is 0.393 e. The van der Waals surface area contributed by atoms with Gasteiger partial charge >= 0.3 is 0 Å². The van der Waals surface area contributed by atoms with Gasteiger partial charge in [0.25, 0.3) is 0 Å². The van der Waals surface area contributed by atoms with Crippen LogP contribution >= 0.6 is 0 Å². The number of hydrogen-bond acceptors (Lipinski definition) is 6. The van der Waals surface area contributed by atoms with Crippen molar-refractivity contribution in [3.8, 4) is 0 Å². The highest BCUT2D eigenvalue weighted by atomic mass is 16.7. The molecule has 6 heteroatoms. The number of ether oxygens (including phenoxy) is 2. The minimum atomic E-state index is -1.15. The highest BCUT2D eigenvalue weighted by Crippen LogP contribution is 2.68. The summed E-state index contributed by atoms with van der Waals surface area (Å²) in [5.41, 5.74) is -0.678. The minimum absolute atomic E-state index is 0.0866. The van der Waals surface area contributed by atoms with Crippen molar-refractivity contribution in [2.75, 3.05) is 13.7 Å². The second-order valence-electron chi connectivity index (χ2n) is 10.4. The van der Waals surface area contributed by atoms with Gasteiger partial charge in [0, 0.05) is 18.9 Å². The van der Waals surface area contributed by atoms with Crippen molar-refractivity contribution in [3.63, 3.8) is 0 Å². The Hall–Kier alpha value is -1.08. The van der Waals surface area contributed by atoms with Crippen LogP contribution in [0.1, 0.15) is 65.7 Å². The van der Waals surface area contributed by atoms with E-state index in [1.165, 1.54) is 5.57 Å². The van der Waals surface area contributed by atoms with Crippen LogP contribution in [0.2, 0.25) is 0 Å². The second kappa shape index (κ2) is 7.51. The first-order chi connectivity index (χ1) is 14.1. The summed E-state index contributed by atoms with van der Waals surface area (Å²) in [6, 6.07) is 0. The van der Waals surface area contributed by atoms with Gasteiger partial charge in [0.1, 0.15) is 12.2 Å². The fourth-order valence-electron chi connectivity index (χ4n) is 7.85. The van der Waals surface area contributed by atoms with Crippen LogP contribution in [0, 0.1) is 28.6 Å². The molecule has 0 amide bonds. The molecule has 4 aliphatic rings. The van der Waals surface area contributed by atoms with Crippen LogP contribution in [0.5, 0.6) is 0 Å². The van der Waals surface area contributed by atoms with Gasteiger partial charge in [-0.2, -0.15) is 0 Å². The number of fused-ring (bicyclic) bond motifs is 5. The molecule has 6 nitrogen and oxygen atoms in total. The molecule has 0 heterocycles. The standard InChI is InChI=1S/C24H36O6/c1-14(29-4)30-24(20(28)13-25)10-8-18-17-6-5-15-11-16(26)7-9-22(15,2)21(17)19(27)12-23(18,24)3/h11,14,17-19,21,25,27H,5-10,12-13H2,1-4H3/t14?,17-,18-,19?,21+,22-,23-,24-/m0/s1. The molecule has 0 aromatic heterocycles. The minimum Gasteiger partial charge on any atom is -0.393 e. The number of ketones is 2. The van der Waals surface area contributed by atoms with E-state index in [1.807, 2.05) is 6.08 Å². The third-order valence-corrected chi connectivity index (χ3v) is 9.31. The fourth-order valence-corrected chi connectivity index (χ4v) is 7.85. The van der Waals surface area contributed by atoms with Gasteiger partial charge in [0.15, 0.2) is 17.9 Å². The van der Waals surface area contributed by atoms with E-state index >= 15 is 0 Å². The van der Waals surface area contributed by atoms with E-state index in [9.17, 15) is 19.8 Å². The maximum atomic E-state index is 13.1. The lowest BCUT2D eigenvalue weighted by Gasteiger charge is -2.61. The van der Waals surface area contributed by atoms with Crippen molar-refractivity contribution in [2.24, 2.45) is 28.6 Å². The number of aliphatic hydroxyl groups excluding tert-OH is 2. The molecule has 0 bridgehead atoms. The highest BCUT2D eigenvalue weighted by Gasteiger charge is 2.69. The first kappa shape index (κ1) is 22.1. The molecule has 3 fully saturated rings. The summed E-state index contributed by atoms with van der Waals surface area (Å²) >= 11 is 0. The van der Waals surface area contributed by atoms with Gasteiger partial charge in [-0.05, 0) is 74.7 Å². The summed E-state index contributed by atoms with van der Waals surface area (Å²) in [5.74, 6) is 0.466. The van der Waals surface area contributed by atoms with Crippen molar-refractivity contribution in [2.45, 2.75) is 83.7 Å². The Balaban J connectivity index is 1.74. The first-order valence-corrected chi connectivity index (χ1v) is 11.4. The van der Waals surface area contributed by atoms with Gasteiger partial charge in [0.2, 0.25) is 0 Å². The van der Waals surface area contributed by atoms with Crippen LogP contribution < -0.4 is 0 Å². The highest BCUT2D eigenvalue weighted by molar-refractivity contribution is 5.92. The van der Waals surface area contributed by atoms with Gasteiger partial charge in [0.05, 0.1) is 6.10 Å². The molecule has 168 valence electrons. The number of carbonyl (C=O) groups excluding carboxylic acids is 2. The van der Waals surface area contributed by atoms with Gasteiger partial charge in [-0.25, -0.2) is 0 Å². The van der Waals surface area contributed by atoms with Gasteiger partial charge < -0.3 is 19.7 Å². The SMILES string of the molecule is COC(C)O[C@]1(C(=O)CO)CC[C@H]2[C@@H]3CCC4=CC(=O)CC[C@]4(C)[C@H]3C(O)C[C@@]21C. The van der Waals surface area contributed by atoms with Crippen LogP contribution in [-0.4, -0.2) is 53.5 Å². The van der Waals surface area contributed by atoms with E-state index in [0.717, 1.165) is 25.7 Å². The smallest absolute Gasteiger partial charge is 0.190 e. The second-order valence-corrected chi connectivity index (χ2v) is 10.4. The number of hydrogen-bond donors (Lipinski definition) is 2. The Labute approximate surface area is 179 Å². The third kappa shape index (κ3) is 2.90. The van der Waals surface area contributed by atoms with Crippen molar-refractivity contribution >= 4 is 11.6 Å². The Morgan fingerprint density at radius 3 is 2.67 bits per heavy atom. The predicted octanol–water partition coefficient (Wildman–Crippen LogP) is 2.80. The predicted molar refractivity (Wildman–Crippen MR) is 110 cm³/mol. The van der Waals surface area contributed by atoms with Crippen LogP contribution in [-0.2, 0) is 19.1 Å². The molecular formula is C24H36O6. The number of carbonyl (C=O) groups is 2. The Morgan fingerprint density at radius 1 is 1.27 bits per heavy atom. The summed E-state index contributed by atoms with van der Waals surface area (Å²) < 4.78 is 11.6. The molecule has 4 aliphatic carbocycles. The van der Waals surface area contributed by atoms with Crippen molar-refractivity contribution in [3.05, 3.63) is 11.6 Å². The van der Waals surface area contributed by atoms with Crippen molar-refractivity contribution < 1.29 is 29.3 Å². The molecule has 2 unspecified atom stereocenters. The molecule has 0 spiro atoms. The average Bonchev–Trinajstić information content (AvgIpc) is 3.00. The molecule has 0 radical (unpaired) electrons. The number of Topliss-reactive ketones (excluding diaryl/α,β-unsaturated/α-hetero) is 1. The first-order valence-electron chi connectivity index (χ1n) is 11.4. The Bertz CT molecular complexity index is 761. The zero-order valence-corrected chi connectivity index (χ0v) is 18.6. The molecule has 0 saturated heterocycles. The molecule has 2 N–H and O–H groups in total. The van der Waals surface area contributed by atoms with Crippen LogP contribution in [0.15, 0.2) is 11.6 Å². The number of allylic oxidation sites excluding steroid dienone is 1. The summed E-state index contributed by atoms with van der Waals surface area (Å²) in [7, 11) is 1.54. The fraction of sp³-hybridized carbons (Fsp3) is 0.833. The van der Waals surface area contributed by atoms with Gasteiger partial charge in [-0.3, -0.25) is 9.59 Å². The lowest BCUT2D eigenvalue weighted by atomic mass is 9.45. The summed E-state index contributed by atoms with van der Waals surface area (Å²) in [6.07, 6.45) is 5.62. The number of methoxy groups -OCH3 is 1. The van der Waals surface area contributed by atoms with Gasteiger partial charge in [-0.1, -0.05) is 19.4 Å². The van der Waals surface area contributed by atoms with Crippen LogP contribution in [0.25, 0.3) is 0 Å². The van der Waals surface area contributed by atoms with Crippen molar-refractivity contribution in [1.82, 2.24) is 0 Å². The van der Waals surface area contributed by atoms with Crippen LogP contribution in [0.3, 0.4) is 0 Å². The third-order valence-electron chi connectivity index (χ3n) is 9.31. The molecule has 4 rings (SSSR count). The van der Waals surface area contributed by atoms with E-state index in [2.05, 4.69) is 13.8 Å². The quantitative estimate of drug-likeness (QED) is 0.665. The monoisotopic (exact) mass is 420 g/mol. The topological polar surface area (TPSA) is 93.1 Å². The number of aliphatic hydroxyl groups is 2. The van der Waals surface area contributed by atoms with Gasteiger partial charge in [-0.15, -0.1) is 0 Å². The maximum Gasteiger partial charge on any atom is 0.190 e. The number of rotatable bonds is 5. The normalized spacial score (nSPS) is 46.5. The molecule has 0 aliphatic heterocycles. The Morgan fingerprint density at radius 2 is 2.00 bits per heavy atom. The lowest BCUT2D eigenvalue weighted by Crippen LogP contribution is -2.63. The molecule has 3 saturated carbocycles.